The predicted molar refractivity (Wildman–Crippen MR) is 69.4 cm³/mol. The van der Waals surface area contributed by atoms with Gasteiger partial charge in [-0.05, 0) is 19.4 Å². The van der Waals surface area contributed by atoms with E-state index in [2.05, 4.69) is 15.8 Å². The average molecular weight is 250 g/mol. The Morgan fingerprint density at radius 3 is 2.39 bits per heavy atom. The van der Waals surface area contributed by atoms with Crippen LogP contribution in [0.3, 0.4) is 0 Å². The van der Waals surface area contributed by atoms with Crippen molar-refractivity contribution in [3.05, 3.63) is 35.9 Å². The zero-order chi connectivity index (χ0) is 13.5. The average Bonchev–Trinajstić information content (AvgIpc) is 2.35. The van der Waals surface area contributed by atoms with Gasteiger partial charge in [-0.3, -0.25) is 0 Å². The summed E-state index contributed by atoms with van der Waals surface area (Å²) in [6, 6.07) is 8.04. The van der Waals surface area contributed by atoms with Crippen LogP contribution in [-0.4, -0.2) is 23.1 Å². The number of nitrogens with zero attached hydrogens (tertiary/aromatic N) is 1. The first-order valence-corrected chi connectivity index (χ1v) is 5.64. The third kappa shape index (κ3) is 3.97. The molecule has 5 N–H and O–H groups in total. The quantitative estimate of drug-likeness (QED) is 0.279. The molecule has 0 aliphatic heterocycles. The molecule has 1 rings (SSSR count). The summed E-state index contributed by atoms with van der Waals surface area (Å²) in [5.41, 5.74) is 6.33. The van der Waals surface area contributed by atoms with E-state index in [0.29, 0.717) is 0 Å². The molecule has 0 bridgehead atoms. The lowest BCUT2D eigenvalue weighted by molar-refractivity contribution is 0.237. The van der Waals surface area contributed by atoms with Gasteiger partial charge < -0.3 is 21.6 Å². The van der Waals surface area contributed by atoms with Crippen LogP contribution < -0.4 is 16.4 Å². The molecular weight excluding hydrogens is 232 g/mol. The molecule has 0 spiro atoms. The third-order valence-electron chi connectivity index (χ3n) is 2.24. The SMILES string of the molecule is CC(C)NC(=O)NC(/C(N)=N/O)c1ccccc1. The number of rotatable bonds is 4. The van der Waals surface area contributed by atoms with Crippen LogP contribution in [0.5, 0.6) is 0 Å². The van der Waals surface area contributed by atoms with Crippen molar-refractivity contribution in [2.45, 2.75) is 25.9 Å². The van der Waals surface area contributed by atoms with Gasteiger partial charge in [-0.2, -0.15) is 0 Å². The summed E-state index contributed by atoms with van der Waals surface area (Å²) < 4.78 is 0. The minimum Gasteiger partial charge on any atom is -0.409 e. The number of carbonyl (C=O) groups is 1. The van der Waals surface area contributed by atoms with E-state index in [1.807, 2.05) is 32.0 Å². The molecule has 6 nitrogen and oxygen atoms in total. The first-order chi connectivity index (χ1) is 8.54. The molecule has 0 aliphatic carbocycles. The van der Waals surface area contributed by atoms with Crippen molar-refractivity contribution in [1.82, 2.24) is 10.6 Å². The molecule has 0 fully saturated rings. The summed E-state index contributed by atoms with van der Waals surface area (Å²) in [7, 11) is 0. The fourth-order valence-corrected chi connectivity index (χ4v) is 1.47. The lowest BCUT2D eigenvalue weighted by Crippen LogP contribution is -2.45. The first-order valence-electron chi connectivity index (χ1n) is 5.64. The molecule has 1 aromatic carbocycles. The van der Waals surface area contributed by atoms with Crippen molar-refractivity contribution in [3.8, 4) is 0 Å². The minimum atomic E-state index is -0.657. The predicted octanol–water partition coefficient (Wildman–Crippen LogP) is 1.18. The first kappa shape index (κ1) is 13.8. The monoisotopic (exact) mass is 250 g/mol. The van der Waals surface area contributed by atoms with E-state index >= 15 is 0 Å². The number of oxime groups is 1. The summed E-state index contributed by atoms with van der Waals surface area (Å²) in [5, 5.41) is 17.0. The summed E-state index contributed by atoms with van der Waals surface area (Å²) >= 11 is 0. The van der Waals surface area contributed by atoms with Crippen LogP contribution in [0.15, 0.2) is 35.5 Å². The van der Waals surface area contributed by atoms with Gasteiger partial charge in [0.2, 0.25) is 0 Å². The van der Waals surface area contributed by atoms with Crippen molar-refractivity contribution in [1.29, 1.82) is 0 Å². The maximum atomic E-state index is 11.6. The van der Waals surface area contributed by atoms with Crippen molar-refractivity contribution in [3.63, 3.8) is 0 Å². The second-order valence-corrected chi connectivity index (χ2v) is 4.14. The fourth-order valence-electron chi connectivity index (χ4n) is 1.47. The molecule has 2 amide bonds. The van der Waals surface area contributed by atoms with Crippen molar-refractivity contribution < 1.29 is 10.0 Å². The van der Waals surface area contributed by atoms with Crippen LogP contribution in [0, 0.1) is 0 Å². The molecule has 0 aromatic heterocycles. The van der Waals surface area contributed by atoms with E-state index in [1.165, 1.54) is 0 Å². The highest BCUT2D eigenvalue weighted by Crippen LogP contribution is 2.12. The normalized spacial score (nSPS) is 13.2. The van der Waals surface area contributed by atoms with Gasteiger partial charge >= 0.3 is 6.03 Å². The topological polar surface area (TPSA) is 99.7 Å². The molecule has 6 heteroatoms. The number of carbonyl (C=O) groups excluding carboxylic acids is 1. The van der Waals surface area contributed by atoms with Crippen LogP contribution in [0.25, 0.3) is 0 Å². The van der Waals surface area contributed by atoms with Crippen LogP contribution >= 0.6 is 0 Å². The molecule has 0 radical (unpaired) electrons. The van der Waals surface area contributed by atoms with E-state index in [1.54, 1.807) is 12.1 Å². The number of amidine groups is 1. The van der Waals surface area contributed by atoms with Crippen LogP contribution in [0.2, 0.25) is 0 Å². The molecular formula is C12H18N4O2. The number of nitrogens with two attached hydrogens (primary N) is 1. The Labute approximate surface area is 106 Å². The largest absolute Gasteiger partial charge is 0.409 e. The zero-order valence-corrected chi connectivity index (χ0v) is 10.4. The number of amides is 2. The number of hydrogen-bond donors (Lipinski definition) is 4. The minimum absolute atomic E-state index is 0.00807. The van der Waals surface area contributed by atoms with E-state index in [9.17, 15) is 4.79 Å². The summed E-state index contributed by atoms with van der Waals surface area (Å²) in [6.45, 7) is 3.70. The van der Waals surface area contributed by atoms with Gasteiger partial charge in [0.1, 0.15) is 6.04 Å². The van der Waals surface area contributed by atoms with E-state index in [4.69, 9.17) is 10.9 Å². The van der Waals surface area contributed by atoms with Gasteiger partial charge in [0.15, 0.2) is 5.84 Å². The second kappa shape index (κ2) is 6.48. The molecule has 18 heavy (non-hydrogen) atoms. The van der Waals surface area contributed by atoms with Crippen LogP contribution in [0.4, 0.5) is 4.79 Å². The molecule has 0 aliphatic rings. The lowest BCUT2D eigenvalue weighted by Gasteiger charge is -2.19. The van der Waals surface area contributed by atoms with E-state index in [0.717, 1.165) is 5.56 Å². The maximum Gasteiger partial charge on any atom is 0.315 e. The van der Waals surface area contributed by atoms with E-state index < -0.39 is 6.04 Å². The maximum absolute atomic E-state index is 11.6. The Hall–Kier alpha value is -2.24. The summed E-state index contributed by atoms with van der Waals surface area (Å²) in [5.74, 6) is -0.0693. The van der Waals surface area contributed by atoms with Gasteiger partial charge in [-0.25, -0.2) is 4.79 Å². The fraction of sp³-hybridized carbons (Fsp3) is 0.333. The van der Waals surface area contributed by atoms with Crippen molar-refractivity contribution in [2.75, 3.05) is 0 Å². The Bertz CT molecular complexity index is 417. The molecule has 98 valence electrons. The van der Waals surface area contributed by atoms with Gasteiger partial charge in [-0.15, -0.1) is 0 Å². The van der Waals surface area contributed by atoms with Gasteiger partial charge in [0, 0.05) is 6.04 Å². The Morgan fingerprint density at radius 1 is 1.28 bits per heavy atom. The summed E-state index contributed by atoms with van der Waals surface area (Å²) in [6.07, 6.45) is 0. The van der Waals surface area contributed by atoms with Crippen molar-refractivity contribution in [2.24, 2.45) is 10.9 Å². The highest BCUT2D eigenvalue weighted by molar-refractivity contribution is 5.90. The molecule has 0 saturated carbocycles. The Kier molecular flexibility index (Phi) is 4.98. The van der Waals surface area contributed by atoms with Gasteiger partial charge in [-0.1, -0.05) is 35.5 Å². The number of benzene rings is 1. The molecule has 1 atom stereocenters. The van der Waals surface area contributed by atoms with Gasteiger partial charge in [0.25, 0.3) is 0 Å². The number of urea groups is 1. The van der Waals surface area contributed by atoms with E-state index in [-0.39, 0.29) is 17.9 Å². The highest BCUT2D eigenvalue weighted by atomic mass is 16.4. The molecule has 0 heterocycles. The lowest BCUT2D eigenvalue weighted by atomic mass is 10.1. The third-order valence-corrected chi connectivity index (χ3v) is 2.24. The second-order valence-electron chi connectivity index (χ2n) is 4.14. The Balaban J connectivity index is 2.84. The zero-order valence-electron chi connectivity index (χ0n) is 10.4. The number of hydrogen-bond acceptors (Lipinski definition) is 3. The highest BCUT2D eigenvalue weighted by Gasteiger charge is 2.19. The molecule has 1 unspecified atom stereocenters. The Morgan fingerprint density at radius 2 is 1.89 bits per heavy atom. The molecule has 1 aromatic rings. The molecule has 0 saturated heterocycles. The van der Waals surface area contributed by atoms with Crippen LogP contribution in [0.1, 0.15) is 25.5 Å². The summed E-state index contributed by atoms with van der Waals surface area (Å²) in [4.78, 5) is 11.6. The smallest absolute Gasteiger partial charge is 0.315 e. The number of nitrogens with one attached hydrogen (secondary N) is 2. The van der Waals surface area contributed by atoms with Gasteiger partial charge in [0.05, 0.1) is 0 Å². The standard InChI is InChI=1S/C12H18N4O2/c1-8(2)14-12(17)15-10(11(13)16-18)9-6-4-3-5-7-9/h3-8,10,18H,1-2H3,(H2,13,16)(H2,14,15,17). The van der Waals surface area contributed by atoms with Crippen molar-refractivity contribution >= 4 is 11.9 Å². The van der Waals surface area contributed by atoms with Crippen LogP contribution in [-0.2, 0) is 0 Å².